The molecule has 4 amide bonds. The quantitative estimate of drug-likeness (QED) is 0.298. The highest BCUT2D eigenvalue weighted by Crippen LogP contribution is 2.19. The molecule has 35 heavy (non-hydrogen) atoms. The van der Waals surface area contributed by atoms with Crippen LogP contribution in [-0.4, -0.2) is 40.6 Å². The lowest BCUT2D eigenvalue weighted by molar-refractivity contribution is -0.134. The van der Waals surface area contributed by atoms with Crippen LogP contribution in [0.25, 0.3) is 0 Å². The van der Waals surface area contributed by atoms with Gasteiger partial charge in [0.05, 0.1) is 19.7 Å². The van der Waals surface area contributed by atoms with Crippen molar-refractivity contribution in [1.82, 2.24) is 20.5 Å². The summed E-state index contributed by atoms with van der Waals surface area (Å²) in [5, 5.41) is 9.58. The number of hydrogen-bond donors (Lipinski definition) is 3. The third-order valence-corrected chi connectivity index (χ3v) is 6.80. The smallest absolute Gasteiger partial charge is 0.404 e. The molecule has 0 radical (unpaired) electrons. The predicted molar refractivity (Wildman–Crippen MR) is 136 cm³/mol. The highest BCUT2D eigenvalue weighted by atomic mass is 32.1. The number of nitrogens with zero attached hydrogens (tertiary/aromatic N) is 2. The van der Waals surface area contributed by atoms with Crippen molar-refractivity contribution in [2.75, 3.05) is 6.61 Å². The molecule has 186 valence electrons. The van der Waals surface area contributed by atoms with Crippen molar-refractivity contribution < 1.29 is 19.1 Å². The molecule has 3 aromatic rings. The summed E-state index contributed by atoms with van der Waals surface area (Å²) in [5.41, 5.74) is 5.86. The van der Waals surface area contributed by atoms with Gasteiger partial charge in [-0.3, -0.25) is 9.78 Å². The van der Waals surface area contributed by atoms with Crippen LogP contribution in [0.5, 0.6) is 0 Å². The van der Waals surface area contributed by atoms with Gasteiger partial charge >= 0.3 is 12.1 Å². The van der Waals surface area contributed by atoms with E-state index >= 15 is 0 Å². The minimum absolute atomic E-state index is 0.164. The van der Waals surface area contributed by atoms with Gasteiger partial charge in [0.15, 0.2) is 0 Å². The molecule has 0 saturated carbocycles. The number of rotatable bonds is 13. The number of primary amides is 1. The number of amides is 4. The summed E-state index contributed by atoms with van der Waals surface area (Å²) in [6.07, 6.45) is 4.00. The number of urea groups is 1. The molecule has 0 aliphatic carbocycles. The summed E-state index contributed by atoms with van der Waals surface area (Å²) in [4.78, 5) is 45.1. The van der Waals surface area contributed by atoms with E-state index in [0.717, 1.165) is 15.3 Å². The normalized spacial score (nSPS) is 11.4. The van der Waals surface area contributed by atoms with E-state index in [1.165, 1.54) is 0 Å². The van der Waals surface area contributed by atoms with Crippen LogP contribution in [0.15, 0.2) is 59.6 Å². The second-order valence-corrected chi connectivity index (χ2v) is 9.82. The minimum atomic E-state index is -0.830. The number of unbranched alkanes of at least 4 members (excludes halogenated alkanes) is 1. The van der Waals surface area contributed by atoms with E-state index in [-0.39, 0.29) is 12.5 Å². The summed E-state index contributed by atoms with van der Waals surface area (Å²) in [5.74, 6) is -0.167. The van der Waals surface area contributed by atoms with Crippen LogP contribution in [-0.2, 0) is 29.2 Å². The zero-order valence-electron chi connectivity index (χ0n) is 19.2. The second-order valence-electron chi connectivity index (χ2n) is 7.76. The average molecular weight is 516 g/mol. The third-order valence-electron chi connectivity index (χ3n) is 5.08. The van der Waals surface area contributed by atoms with Crippen LogP contribution in [0, 0.1) is 0 Å². The van der Waals surface area contributed by atoms with Crippen molar-refractivity contribution in [2.45, 2.75) is 44.9 Å². The van der Waals surface area contributed by atoms with Crippen molar-refractivity contribution in [3.05, 3.63) is 74.9 Å². The summed E-state index contributed by atoms with van der Waals surface area (Å²) >= 11 is 3.17. The molecule has 0 aromatic carbocycles. The predicted octanol–water partition coefficient (Wildman–Crippen LogP) is 3.87. The van der Waals surface area contributed by atoms with Gasteiger partial charge in [-0.25, -0.2) is 9.59 Å². The van der Waals surface area contributed by atoms with Crippen LogP contribution in [0.3, 0.4) is 0 Å². The van der Waals surface area contributed by atoms with Gasteiger partial charge in [-0.05, 0) is 53.8 Å². The molecule has 0 saturated heterocycles. The number of aromatic nitrogens is 1. The van der Waals surface area contributed by atoms with Gasteiger partial charge in [0, 0.05) is 28.7 Å². The summed E-state index contributed by atoms with van der Waals surface area (Å²) in [7, 11) is 0. The number of pyridine rings is 1. The highest BCUT2D eigenvalue weighted by molar-refractivity contribution is 7.10. The summed E-state index contributed by atoms with van der Waals surface area (Å²) in [6, 6.07) is 10.4. The summed E-state index contributed by atoms with van der Waals surface area (Å²) in [6.45, 7) is 1.36. The van der Waals surface area contributed by atoms with Gasteiger partial charge < -0.3 is 26.0 Å². The second kappa shape index (κ2) is 14.1. The first-order chi connectivity index (χ1) is 17.0. The molecule has 0 aliphatic heterocycles. The lowest BCUT2D eigenvalue weighted by atomic mass is 10.1. The monoisotopic (exact) mass is 515 g/mol. The third kappa shape index (κ3) is 9.38. The molecule has 0 bridgehead atoms. The molecule has 3 rings (SSSR count). The van der Waals surface area contributed by atoms with Crippen molar-refractivity contribution in [2.24, 2.45) is 5.73 Å². The van der Waals surface area contributed by atoms with Crippen LogP contribution < -0.4 is 16.4 Å². The zero-order valence-corrected chi connectivity index (χ0v) is 20.9. The molecule has 9 nitrogen and oxygen atoms in total. The molecule has 0 fully saturated rings. The molecular weight excluding hydrogens is 486 g/mol. The number of carbonyl (C=O) groups excluding carboxylic acids is 3. The molecule has 3 heterocycles. The lowest BCUT2D eigenvalue weighted by Gasteiger charge is -2.27. The van der Waals surface area contributed by atoms with Gasteiger partial charge in [-0.15, -0.1) is 22.7 Å². The molecule has 0 spiro atoms. The number of hydrogen-bond acceptors (Lipinski definition) is 7. The number of thiophene rings is 2. The van der Waals surface area contributed by atoms with Gasteiger partial charge in [0.25, 0.3) is 0 Å². The Labute approximate surface area is 212 Å². The van der Waals surface area contributed by atoms with E-state index in [2.05, 4.69) is 15.6 Å². The molecule has 1 atom stereocenters. The van der Waals surface area contributed by atoms with Crippen LogP contribution >= 0.6 is 22.7 Å². The van der Waals surface area contributed by atoms with E-state index in [0.29, 0.717) is 38.9 Å². The Hall–Kier alpha value is -3.44. The van der Waals surface area contributed by atoms with Gasteiger partial charge in [-0.2, -0.15) is 0 Å². The van der Waals surface area contributed by atoms with Crippen LogP contribution in [0.2, 0.25) is 0 Å². The Kier molecular flexibility index (Phi) is 10.5. The number of carbonyl (C=O) groups is 3. The average Bonchev–Trinajstić information content (AvgIpc) is 3.56. The van der Waals surface area contributed by atoms with Gasteiger partial charge in [0.2, 0.25) is 5.91 Å². The zero-order chi connectivity index (χ0) is 24.9. The van der Waals surface area contributed by atoms with Crippen molar-refractivity contribution in [3.8, 4) is 0 Å². The first-order valence-electron chi connectivity index (χ1n) is 11.2. The number of nitrogens with one attached hydrogen (secondary N) is 2. The molecule has 3 aromatic heterocycles. The Morgan fingerprint density at radius 2 is 1.74 bits per heavy atom. The fourth-order valence-electron chi connectivity index (χ4n) is 3.39. The van der Waals surface area contributed by atoms with Crippen molar-refractivity contribution in [3.63, 3.8) is 0 Å². The first-order valence-corrected chi connectivity index (χ1v) is 13.0. The Bertz CT molecular complexity index is 1010. The standard InChI is InChI=1S/C24H29N5O4S2/c25-23(31)33-11-2-1-9-21(28-24(32)27-15-18-6-3-10-26-14-18)22(30)29(16-19-7-4-12-34-19)17-20-8-5-13-35-20/h3-8,10,12-14,21H,1-2,9,11,15-17H2,(H2,25,31)(H2,27,28,32)/t21-/m0/s1. The lowest BCUT2D eigenvalue weighted by Crippen LogP contribution is -2.50. The molecule has 4 N–H and O–H groups in total. The Morgan fingerprint density at radius 1 is 1.03 bits per heavy atom. The fraction of sp³-hybridized carbons (Fsp3) is 0.333. The molecule has 0 aliphatic rings. The van der Waals surface area contributed by atoms with E-state index < -0.39 is 18.2 Å². The van der Waals surface area contributed by atoms with Gasteiger partial charge in [0.1, 0.15) is 6.04 Å². The van der Waals surface area contributed by atoms with Crippen LogP contribution in [0.4, 0.5) is 9.59 Å². The topological polar surface area (TPSA) is 127 Å². The molecular formula is C24H29N5O4S2. The number of nitrogens with two attached hydrogens (primary N) is 1. The van der Waals surface area contributed by atoms with E-state index in [1.807, 2.05) is 41.1 Å². The SMILES string of the molecule is NC(=O)OCCCC[C@H](NC(=O)NCc1cccnc1)C(=O)N(Cc1cccs1)Cc1cccs1. The van der Waals surface area contributed by atoms with Crippen molar-refractivity contribution in [1.29, 1.82) is 0 Å². The van der Waals surface area contributed by atoms with Crippen molar-refractivity contribution >= 4 is 40.7 Å². The fourth-order valence-corrected chi connectivity index (χ4v) is 4.83. The van der Waals surface area contributed by atoms with E-state index in [9.17, 15) is 14.4 Å². The number of ether oxygens (including phenoxy) is 1. The van der Waals surface area contributed by atoms with E-state index in [4.69, 9.17) is 10.5 Å². The maximum absolute atomic E-state index is 13.7. The summed E-state index contributed by atoms with van der Waals surface area (Å²) < 4.78 is 4.78. The Morgan fingerprint density at radius 3 is 2.31 bits per heavy atom. The van der Waals surface area contributed by atoms with E-state index in [1.54, 1.807) is 46.0 Å². The largest absolute Gasteiger partial charge is 0.450 e. The minimum Gasteiger partial charge on any atom is -0.450 e. The first kappa shape index (κ1) is 26.2. The van der Waals surface area contributed by atoms with Crippen LogP contribution in [0.1, 0.15) is 34.6 Å². The molecule has 0 unspecified atom stereocenters. The Balaban J connectivity index is 1.67. The molecule has 11 heteroatoms. The maximum atomic E-state index is 13.7. The maximum Gasteiger partial charge on any atom is 0.404 e. The highest BCUT2D eigenvalue weighted by Gasteiger charge is 2.26. The van der Waals surface area contributed by atoms with Gasteiger partial charge in [-0.1, -0.05) is 18.2 Å².